The summed E-state index contributed by atoms with van der Waals surface area (Å²) < 4.78 is 7.01. The van der Waals surface area contributed by atoms with Crippen molar-refractivity contribution in [2.24, 2.45) is 0 Å². The average Bonchev–Trinajstić information content (AvgIpc) is 3.22. The highest BCUT2D eigenvalue weighted by atomic mass is 32.2. The molecule has 0 atom stereocenters. The van der Waals surface area contributed by atoms with E-state index in [9.17, 15) is 4.79 Å². The number of nitrogens with zero attached hydrogens (tertiary/aromatic N) is 3. The maximum atomic E-state index is 12.0. The van der Waals surface area contributed by atoms with Gasteiger partial charge in [-0.1, -0.05) is 36.5 Å². The Balaban J connectivity index is 1.67. The Morgan fingerprint density at radius 2 is 2.09 bits per heavy atom. The van der Waals surface area contributed by atoms with Crippen LogP contribution in [-0.2, 0) is 4.79 Å². The molecular weight excluding hydrogens is 312 g/mol. The van der Waals surface area contributed by atoms with Crippen LogP contribution >= 0.6 is 11.8 Å². The molecule has 1 amide bonds. The predicted octanol–water partition coefficient (Wildman–Crippen LogP) is 3.37. The summed E-state index contributed by atoms with van der Waals surface area (Å²) in [5.41, 5.74) is 0.763. The zero-order chi connectivity index (χ0) is 16.1. The summed E-state index contributed by atoms with van der Waals surface area (Å²) >= 11 is 1.28. The molecule has 23 heavy (non-hydrogen) atoms. The van der Waals surface area contributed by atoms with Gasteiger partial charge in [-0.2, -0.15) is 0 Å². The van der Waals surface area contributed by atoms with Crippen LogP contribution in [-0.4, -0.2) is 26.4 Å². The summed E-state index contributed by atoms with van der Waals surface area (Å²) in [5.74, 6) is 1.26. The predicted molar refractivity (Wildman–Crippen MR) is 89.9 cm³/mol. The molecule has 1 N–H and O–H groups in total. The van der Waals surface area contributed by atoms with Gasteiger partial charge in [-0.3, -0.25) is 9.36 Å². The molecule has 2 heterocycles. The molecule has 3 aromatic rings. The van der Waals surface area contributed by atoms with E-state index in [1.165, 1.54) is 11.8 Å². The molecule has 7 heteroatoms. The second-order valence-electron chi connectivity index (χ2n) is 4.54. The number of rotatable bonds is 6. The van der Waals surface area contributed by atoms with Gasteiger partial charge in [0.1, 0.15) is 0 Å². The number of carbonyl (C=O) groups is 1. The molecule has 0 fully saturated rings. The van der Waals surface area contributed by atoms with Crippen LogP contribution in [0.15, 0.2) is 64.9 Å². The first kappa shape index (κ1) is 15.1. The van der Waals surface area contributed by atoms with E-state index < -0.39 is 0 Å². The van der Waals surface area contributed by atoms with Crippen molar-refractivity contribution in [1.29, 1.82) is 0 Å². The third kappa shape index (κ3) is 3.51. The first-order valence-corrected chi connectivity index (χ1v) is 7.85. The Bertz CT molecular complexity index is 797. The van der Waals surface area contributed by atoms with Crippen LogP contribution in [0.2, 0.25) is 0 Å². The number of amides is 1. The van der Waals surface area contributed by atoms with Crippen molar-refractivity contribution in [2.45, 2.75) is 5.16 Å². The molecule has 0 saturated heterocycles. The second kappa shape index (κ2) is 6.97. The van der Waals surface area contributed by atoms with Gasteiger partial charge in [-0.25, -0.2) is 0 Å². The SMILES string of the molecule is C=Cn1c(SCC(=O)Nc2ccccc2)nnc1-c1ccco1. The Morgan fingerprint density at radius 3 is 2.78 bits per heavy atom. The monoisotopic (exact) mass is 326 g/mol. The lowest BCUT2D eigenvalue weighted by Crippen LogP contribution is -2.14. The van der Waals surface area contributed by atoms with E-state index >= 15 is 0 Å². The van der Waals surface area contributed by atoms with E-state index in [2.05, 4.69) is 22.1 Å². The lowest BCUT2D eigenvalue weighted by Gasteiger charge is -2.05. The van der Waals surface area contributed by atoms with Crippen LogP contribution in [0.4, 0.5) is 5.69 Å². The fourth-order valence-corrected chi connectivity index (χ4v) is 2.69. The Labute approximate surface area is 137 Å². The summed E-state index contributed by atoms with van der Waals surface area (Å²) in [4.78, 5) is 12.0. The van der Waals surface area contributed by atoms with E-state index in [0.717, 1.165) is 5.69 Å². The zero-order valence-corrected chi connectivity index (χ0v) is 13.0. The number of nitrogens with one attached hydrogen (secondary N) is 1. The molecule has 0 radical (unpaired) electrons. The minimum Gasteiger partial charge on any atom is -0.461 e. The van der Waals surface area contributed by atoms with Crippen molar-refractivity contribution in [2.75, 3.05) is 11.1 Å². The van der Waals surface area contributed by atoms with E-state index in [1.54, 1.807) is 29.2 Å². The highest BCUT2D eigenvalue weighted by molar-refractivity contribution is 7.99. The van der Waals surface area contributed by atoms with Crippen LogP contribution in [0.3, 0.4) is 0 Å². The van der Waals surface area contributed by atoms with Gasteiger partial charge in [0, 0.05) is 11.9 Å². The van der Waals surface area contributed by atoms with Crippen LogP contribution < -0.4 is 5.32 Å². The lowest BCUT2D eigenvalue weighted by molar-refractivity contribution is -0.113. The topological polar surface area (TPSA) is 73.0 Å². The third-order valence-corrected chi connectivity index (χ3v) is 3.92. The van der Waals surface area contributed by atoms with Gasteiger partial charge in [0.05, 0.1) is 12.0 Å². The normalized spacial score (nSPS) is 10.4. The number of carbonyl (C=O) groups excluding carboxylic acids is 1. The van der Waals surface area contributed by atoms with Gasteiger partial charge >= 0.3 is 0 Å². The van der Waals surface area contributed by atoms with E-state index in [-0.39, 0.29) is 11.7 Å². The summed E-state index contributed by atoms with van der Waals surface area (Å²) in [6, 6.07) is 12.9. The van der Waals surface area contributed by atoms with Crippen molar-refractivity contribution >= 4 is 29.6 Å². The number of aromatic nitrogens is 3. The van der Waals surface area contributed by atoms with Crippen LogP contribution in [0.25, 0.3) is 17.8 Å². The minimum atomic E-state index is -0.112. The summed E-state index contributed by atoms with van der Waals surface area (Å²) in [5, 5.41) is 11.6. The van der Waals surface area contributed by atoms with Crippen molar-refractivity contribution < 1.29 is 9.21 Å². The number of furan rings is 1. The smallest absolute Gasteiger partial charge is 0.234 e. The first-order chi connectivity index (χ1) is 11.3. The van der Waals surface area contributed by atoms with Crippen LogP contribution in [0.5, 0.6) is 0 Å². The summed E-state index contributed by atoms with van der Waals surface area (Å²) in [6.07, 6.45) is 3.16. The molecule has 0 aliphatic carbocycles. The first-order valence-electron chi connectivity index (χ1n) is 6.87. The number of anilines is 1. The van der Waals surface area contributed by atoms with Gasteiger partial charge in [-0.15, -0.1) is 10.2 Å². The molecule has 0 aliphatic heterocycles. The molecule has 6 nitrogen and oxygen atoms in total. The standard InChI is InChI=1S/C16H14N4O2S/c1-2-20-15(13-9-6-10-22-13)18-19-16(20)23-11-14(21)17-12-7-4-3-5-8-12/h2-10H,1,11H2,(H,17,21). The van der Waals surface area contributed by atoms with Crippen molar-refractivity contribution in [1.82, 2.24) is 14.8 Å². The molecule has 0 spiro atoms. The molecule has 0 saturated carbocycles. The molecule has 0 bridgehead atoms. The highest BCUT2D eigenvalue weighted by Crippen LogP contribution is 2.24. The summed E-state index contributed by atoms with van der Waals surface area (Å²) in [6.45, 7) is 3.76. The molecule has 2 aromatic heterocycles. The Kier molecular flexibility index (Phi) is 4.58. The molecule has 116 valence electrons. The van der Waals surface area contributed by atoms with Gasteiger partial charge < -0.3 is 9.73 Å². The number of para-hydroxylation sites is 1. The second-order valence-corrected chi connectivity index (χ2v) is 5.48. The molecule has 3 rings (SSSR count). The summed E-state index contributed by atoms with van der Waals surface area (Å²) in [7, 11) is 0. The maximum Gasteiger partial charge on any atom is 0.234 e. The highest BCUT2D eigenvalue weighted by Gasteiger charge is 2.15. The quantitative estimate of drug-likeness (QED) is 0.703. The zero-order valence-electron chi connectivity index (χ0n) is 12.2. The number of benzene rings is 1. The van der Waals surface area contributed by atoms with Gasteiger partial charge in [0.25, 0.3) is 0 Å². The van der Waals surface area contributed by atoms with Gasteiger partial charge in [0.15, 0.2) is 10.9 Å². The van der Waals surface area contributed by atoms with Crippen LogP contribution in [0, 0.1) is 0 Å². The van der Waals surface area contributed by atoms with E-state index in [4.69, 9.17) is 4.42 Å². The fraction of sp³-hybridized carbons (Fsp3) is 0.0625. The minimum absolute atomic E-state index is 0.112. The van der Waals surface area contributed by atoms with E-state index in [1.807, 2.05) is 30.3 Å². The molecular formula is C16H14N4O2S. The van der Waals surface area contributed by atoms with Gasteiger partial charge in [-0.05, 0) is 24.3 Å². The molecule has 1 aromatic carbocycles. The largest absolute Gasteiger partial charge is 0.461 e. The molecule has 0 unspecified atom stereocenters. The molecule has 0 aliphatic rings. The van der Waals surface area contributed by atoms with Gasteiger partial charge in [0.2, 0.25) is 11.7 Å². The Morgan fingerprint density at radius 1 is 1.26 bits per heavy atom. The average molecular weight is 326 g/mol. The Hall–Kier alpha value is -2.80. The van der Waals surface area contributed by atoms with E-state index in [0.29, 0.717) is 16.7 Å². The number of thioether (sulfide) groups is 1. The lowest BCUT2D eigenvalue weighted by atomic mass is 10.3. The number of hydrogen-bond donors (Lipinski definition) is 1. The fourth-order valence-electron chi connectivity index (χ4n) is 1.96. The van der Waals surface area contributed by atoms with Crippen molar-refractivity contribution in [3.63, 3.8) is 0 Å². The van der Waals surface area contributed by atoms with Crippen LogP contribution in [0.1, 0.15) is 0 Å². The van der Waals surface area contributed by atoms with Crippen molar-refractivity contribution in [3.8, 4) is 11.6 Å². The van der Waals surface area contributed by atoms with Crippen molar-refractivity contribution in [3.05, 3.63) is 55.3 Å². The third-order valence-electron chi connectivity index (χ3n) is 2.98. The maximum absolute atomic E-state index is 12.0. The number of hydrogen-bond acceptors (Lipinski definition) is 5.